The molecule has 2 N–H and O–H groups in total. The maximum absolute atomic E-state index is 12.8. The smallest absolute Gasteiger partial charge is 0.350 e. The van der Waals surface area contributed by atoms with E-state index < -0.39 is 41.7 Å². The first-order chi connectivity index (χ1) is 14.0. The molecule has 1 aliphatic rings. The van der Waals surface area contributed by atoms with E-state index in [0.29, 0.717) is 5.56 Å². The second-order valence-corrected chi connectivity index (χ2v) is 7.29. The molecule has 0 radical (unpaired) electrons. The van der Waals surface area contributed by atoms with Crippen LogP contribution in [0.25, 0.3) is 0 Å². The van der Waals surface area contributed by atoms with Gasteiger partial charge in [0.05, 0.1) is 5.56 Å². The van der Waals surface area contributed by atoms with Crippen LogP contribution in [-0.2, 0) is 27.8 Å². The summed E-state index contributed by atoms with van der Waals surface area (Å²) < 4.78 is 38.3. The summed E-state index contributed by atoms with van der Waals surface area (Å²) in [6.45, 7) is 2.74. The fourth-order valence-corrected chi connectivity index (χ4v) is 3.18. The summed E-state index contributed by atoms with van der Waals surface area (Å²) in [5.74, 6) is -1.24. The van der Waals surface area contributed by atoms with Gasteiger partial charge >= 0.3 is 12.2 Å². The van der Waals surface area contributed by atoms with Crippen LogP contribution in [0.4, 0.5) is 18.0 Å². The van der Waals surface area contributed by atoms with Crippen LogP contribution in [0.2, 0.25) is 0 Å². The molecule has 1 fully saturated rings. The molecule has 3 rings (SSSR count). The maximum Gasteiger partial charge on any atom is 0.416 e. The third-order valence-electron chi connectivity index (χ3n) is 4.95. The van der Waals surface area contributed by atoms with Gasteiger partial charge in [-0.25, -0.2) is 4.79 Å². The minimum Gasteiger partial charge on any atom is -0.350 e. The van der Waals surface area contributed by atoms with E-state index in [1.165, 1.54) is 12.1 Å². The lowest BCUT2D eigenvalue weighted by atomic mass is 9.91. The molecule has 0 saturated carbocycles. The molecule has 30 heavy (non-hydrogen) atoms. The molecule has 4 amide bonds. The molecular weight excluding hydrogens is 399 g/mol. The monoisotopic (exact) mass is 419 g/mol. The summed E-state index contributed by atoms with van der Waals surface area (Å²) >= 11 is 0. The molecule has 1 aliphatic heterocycles. The van der Waals surface area contributed by atoms with Crippen molar-refractivity contribution in [2.24, 2.45) is 0 Å². The van der Waals surface area contributed by atoms with E-state index in [-0.39, 0.29) is 12.1 Å². The van der Waals surface area contributed by atoms with Crippen LogP contribution in [0.15, 0.2) is 48.5 Å². The van der Waals surface area contributed by atoms with Crippen molar-refractivity contribution in [2.45, 2.75) is 32.1 Å². The van der Waals surface area contributed by atoms with Crippen molar-refractivity contribution in [2.75, 3.05) is 6.54 Å². The van der Waals surface area contributed by atoms with E-state index in [9.17, 15) is 27.6 Å². The normalized spacial score (nSPS) is 19.0. The van der Waals surface area contributed by atoms with Crippen LogP contribution >= 0.6 is 0 Å². The summed E-state index contributed by atoms with van der Waals surface area (Å²) in [4.78, 5) is 38.1. The third-order valence-corrected chi connectivity index (χ3v) is 4.95. The molecule has 0 bridgehead atoms. The summed E-state index contributed by atoms with van der Waals surface area (Å²) in [6.07, 6.45) is -4.49. The average molecular weight is 419 g/mol. The number of aryl methyl sites for hydroxylation is 1. The number of urea groups is 1. The highest BCUT2D eigenvalue weighted by atomic mass is 19.4. The number of benzene rings is 2. The van der Waals surface area contributed by atoms with Gasteiger partial charge in [-0.2, -0.15) is 13.2 Å². The van der Waals surface area contributed by atoms with Gasteiger partial charge in [-0.05, 0) is 37.1 Å². The molecule has 6 nitrogen and oxygen atoms in total. The number of alkyl halides is 3. The first-order valence-electron chi connectivity index (χ1n) is 9.15. The van der Waals surface area contributed by atoms with Crippen molar-refractivity contribution in [3.05, 3.63) is 70.8 Å². The molecule has 0 aromatic heterocycles. The second kappa shape index (κ2) is 7.81. The van der Waals surface area contributed by atoms with Crippen LogP contribution in [-0.4, -0.2) is 29.3 Å². The number of imide groups is 1. The van der Waals surface area contributed by atoms with Crippen LogP contribution in [0, 0.1) is 6.92 Å². The Morgan fingerprint density at radius 2 is 1.80 bits per heavy atom. The molecule has 9 heteroatoms. The van der Waals surface area contributed by atoms with Crippen LogP contribution in [0.1, 0.15) is 29.2 Å². The van der Waals surface area contributed by atoms with Crippen molar-refractivity contribution in [1.29, 1.82) is 0 Å². The van der Waals surface area contributed by atoms with Gasteiger partial charge in [-0.3, -0.25) is 14.5 Å². The van der Waals surface area contributed by atoms with Crippen molar-refractivity contribution >= 4 is 17.8 Å². The lowest BCUT2D eigenvalue weighted by Gasteiger charge is -2.22. The van der Waals surface area contributed by atoms with Crippen molar-refractivity contribution in [3.8, 4) is 0 Å². The number of hydrogen-bond donors (Lipinski definition) is 2. The summed E-state index contributed by atoms with van der Waals surface area (Å²) in [7, 11) is 0. The van der Waals surface area contributed by atoms with E-state index in [1.807, 2.05) is 19.1 Å². The molecule has 0 unspecified atom stereocenters. The van der Waals surface area contributed by atoms with Crippen LogP contribution in [0.3, 0.4) is 0 Å². The van der Waals surface area contributed by atoms with Gasteiger partial charge < -0.3 is 10.6 Å². The highest BCUT2D eigenvalue weighted by Crippen LogP contribution is 2.30. The Kier molecular flexibility index (Phi) is 5.56. The lowest BCUT2D eigenvalue weighted by molar-refractivity contribution is -0.137. The minimum absolute atomic E-state index is 0.165. The molecule has 0 aliphatic carbocycles. The number of amides is 4. The summed E-state index contributed by atoms with van der Waals surface area (Å²) in [5, 5.41) is 5.04. The second-order valence-electron chi connectivity index (χ2n) is 7.29. The number of rotatable bonds is 5. The van der Waals surface area contributed by atoms with Crippen LogP contribution < -0.4 is 10.6 Å². The molecule has 0 spiro atoms. The van der Waals surface area contributed by atoms with Gasteiger partial charge in [0.1, 0.15) is 12.1 Å². The molecular formula is C21H20F3N3O3. The summed E-state index contributed by atoms with van der Waals surface area (Å²) in [5.41, 5.74) is -0.299. The number of halogens is 3. The van der Waals surface area contributed by atoms with Crippen molar-refractivity contribution < 1.29 is 27.6 Å². The van der Waals surface area contributed by atoms with E-state index in [1.54, 1.807) is 19.1 Å². The molecule has 158 valence electrons. The zero-order valence-electron chi connectivity index (χ0n) is 16.3. The van der Waals surface area contributed by atoms with E-state index in [2.05, 4.69) is 10.6 Å². The Bertz CT molecular complexity index is 989. The number of carbonyl (C=O) groups is 3. The van der Waals surface area contributed by atoms with E-state index >= 15 is 0 Å². The lowest BCUT2D eigenvalue weighted by Crippen LogP contribution is -2.43. The predicted molar refractivity (Wildman–Crippen MR) is 102 cm³/mol. The van der Waals surface area contributed by atoms with Crippen molar-refractivity contribution in [3.63, 3.8) is 0 Å². The minimum atomic E-state index is -4.49. The molecule has 1 saturated heterocycles. The third kappa shape index (κ3) is 4.29. The fourth-order valence-electron chi connectivity index (χ4n) is 3.18. The number of carbonyl (C=O) groups excluding carboxylic acids is 3. The Morgan fingerprint density at radius 3 is 2.43 bits per heavy atom. The fraction of sp³-hybridized carbons (Fsp3) is 0.286. The first-order valence-corrected chi connectivity index (χ1v) is 9.15. The average Bonchev–Trinajstić information content (AvgIpc) is 2.90. The van der Waals surface area contributed by atoms with E-state index in [4.69, 9.17) is 0 Å². The number of nitrogens with one attached hydrogen (secondary N) is 2. The Hall–Kier alpha value is -3.36. The molecule has 1 atom stereocenters. The van der Waals surface area contributed by atoms with E-state index in [0.717, 1.165) is 22.6 Å². The predicted octanol–water partition coefficient (Wildman–Crippen LogP) is 3.10. The Morgan fingerprint density at radius 1 is 1.13 bits per heavy atom. The summed E-state index contributed by atoms with van der Waals surface area (Å²) in [6, 6.07) is 10.9. The van der Waals surface area contributed by atoms with Gasteiger partial charge in [-0.15, -0.1) is 0 Å². The quantitative estimate of drug-likeness (QED) is 0.731. The first kappa shape index (κ1) is 21.4. The topological polar surface area (TPSA) is 78.5 Å². The largest absolute Gasteiger partial charge is 0.416 e. The van der Waals surface area contributed by atoms with Gasteiger partial charge in [0.15, 0.2) is 0 Å². The van der Waals surface area contributed by atoms with Gasteiger partial charge in [0.2, 0.25) is 5.91 Å². The number of nitrogens with zero attached hydrogens (tertiary/aromatic N) is 1. The SMILES string of the molecule is Cc1ccc([C@@]2(C)NC(=O)N(CC(=O)NCc3cccc(C(F)(F)F)c3)C2=O)cc1. The van der Waals surface area contributed by atoms with Crippen LogP contribution in [0.5, 0.6) is 0 Å². The zero-order valence-corrected chi connectivity index (χ0v) is 16.3. The van der Waals surface area contributed by atoms with Crippen molar-refractivity contribution in [1.82, 2.24) is 15.5 Å². The highest BCUT2D eigenvalue weighted by molar-refractivity contribution is 6.09. The molecule has 1 heterocycles. The Balaban J connectivity index is 1.65. The molecule has 2 aromatic rings. The van der Waals surface area contributed by atoms with Gasteiger partial charge in [0.25, 0.3) is 5.91 Å². The van der Waals surface area contributed by atoms with Gasteiger partial charge in [0, 0.05) is 6.54 Å². The highest BCUT2D eigenvalue weighted by Gasteiger charge is 2.49. The van der Waals surface area contributed by atoms with Gasteiger partial charge in [-0.1, -0.05) is 42.0 Å². The Labute approximate surface area is 171 Å². The zero-order chi connectivity index (χ0) is 22.1. The maximum atomic E-state index is 12.8. The molecule has 2 aromatic carbocycles. The standard InChI is InChI=1S/C21H20F3N3O3/c1-13-6-8-15(9-7-13)20(2)18(29)27(19(30)26-20)12-17(28)25-11-14-4-3-5-16(10-14)21(22,23)24/h3-10H,11-12H2,1-2H3,(H,25,28)(H,26,30)/t20-/m1/s1. The number of hydrogen-bond acceptors (Lipinski definition) is 3.